The minimum absolute atomic E-state index is 0.0671. The number of nitrogens with one attached hydrogen (secondary N) is 2. The van der Waals surface area contributed by atoms with E-state index in [4.69, 9.17) is 9.47 Å². The lowest BCUT2D eigenvalue weighted by Gasteiger charge is -2.11. The van der Waals surface area contributed by atoms with Crippen LogP contribution in [-0.2, 0) is 27.5 Å². The van der Waals surface area contributed by atoms with Crippen molar-refractivity contribution in [1.82, 2.24) is 10.0 Å². The molecular formula is C18H19F3N2O5S. The van der Waals surface area contributed by atoms with Gasteiger partial charge in [-0.2, -0.15) is 13.2 Å². The zero-order valence-electron chi connectivity index (χ0n) is 15.5. The summed E-state index contributed by atoms with van der Waals surface area (Å²) in [5.41, 5.74) is -0.452. The van der Waals surface area contributed by atoms with Crippen LogP contribution < -0.4 is 19.5 Å². The van der Waals surface area contributed by atoms with Crippen LogP contribution in [0.2, 0.25) is 0 Å². The number of hydrogen-bond acceptors (Lipinski definition) is 5. The average Bonchev–Trinajstić information content (AvgIpc) is 2.70. The highest BCUT2D eigenvalue weighted by atomic mass is 32.2. The number of methoxy groups -OCH3 is 2. The van der Waals surface area contributed by atoms with Crippen LogP contribution in [0.15, 0.2) is 47.4 Å². The number of alkyl halides is 3. The normalized spacial score (nSPS) is 11.8. The van der Waals surface area contributed by atoms with E-state index in [-0.39, 0.29) is 6.54 Å². The zero-order chi connectivity index (χ0) is 21.7. The molecule has 2 rings (SSSR count). The third-order valence-electron chi connectivity index (χ3n) is 3.80. The van der Waals surface area contributed by atoms with Gasteiger partial charge in [0.2, 0.25) is 15.9 Å². The smallest absolute Gasteiger partial charge is 0.416 e. The lowest BCUT2D eigenvalue weighted by Crippen LogP contribution is -2.36. The molecule has 0 heterocycles. The van der Waals surface area contributed by atoms with Crippen molar-refractivity contribution < 1.29 is 35.9 Å². The second-order valence-corrected chi connectivity index (χ2v) is 7.61. The molecule has 2 aromatic rings. The number of rotatable bonds is 8. The van der Waals surface area contributed by atoms with Gasteiger partial charge in [-0.05, 0) is 35.9 Å². The number of benzene rings is 2. The van der Waals surface area contributed by atoms with Crippen LogP contribution in [0.4, 0.5) is 13.2 Å². The number of hydrogen-bond donors (Lipinski definition) is 2. The maximum absolute atomic E-state index is 12.7. The summed E-state index contributed by atoms with van der Waals surface area (Å²) in [6.45, 7) is -0.572. The fraction of sp³-hybridized carbons (Fsp3) is 0.278. The highest BCUT2D eigenvalue weighted by Crippen LogP contribution is 2.30. The van der Waals surface area contributed by atoms with Gasteiger partial charge in [0.1, 0.15) is 11.5 Å². The molecule has 0 saturated carbocycles. The Morgan fingerprint density at radius 1 is 1.03 bits per heavy atom. The van der Waals surface area contributed by atoms with Crippen molar-refractivity contribution in [1.29, 1.82) is 0 Å². The first-order valence-electron chi connectivity index (χ1n) is 8.21. The van der Waals surface area contributed by atoms with Crippen LogP contribution in [0, 0.1) is 0 Å². The van der Waals surface area contributed by atoms with E-state index in [1.807, 2.05) is 4.72 Å². The average molecular weight is 432 g/mol. The van der Waals surface area contributed by atoms with E-state index in [9.17, 15) is 26.4 Å². The number of halogens is 3. The van der Waals surface area contributed by atoms with Gasteiger partial charge in [-0.1, -0.05) is 6.07 Å². The molecule has 1 amide bonds. The Morgan fingerprint density at radius 3 is 2.21 bits per heavy atom. The molecule has 0 saturated heterocycles. The zero-order valence-corrected chi connectivity index (χ0v) is 16.4. The molecule has 0 aliphatic heterocycles. The summed E-state index contributed by atoms with van der Waals surface area (Å²) in [6.07, 6.45) is -4.68. The van der Waals surface area contributed by atoms with Crippen molar-refractivity contribution >= 4 is 15.9 Å². The first-order valence-corrected chi connectivity index (χ1v) is 9.69. The first kappa shape index (κ1) is 22.5. The molecule has 0 unspecified atom stereocenters. The second-order valence-electron chi connectivity index (χ2n) is 5.85. The molecule has 0 spiro atoms. The molecule has 0 bridgehead atoms. The number of carbonyl (C=O) groups excluding carboxylic acids is 1. The highest BCUT2D eigenvalue weighted by molar-refractivity contribution is 7.89. The van der Waals surface area contributed by atoms with E-state index >= 15 is 0 Å². The SMILES string of the molecule is COc1cc(CNC(=O)CNS(=O)(=O)c2cccc(C(F)(F)F)c2)cc(OC)c1. The number of ether oxygens (including phenoxy) is 2. The molecule has 0 fully saturated rings. The van der Waals surface area contributed by atoms with Crippen LogP contribution >= 0.6 is 0 Å². The van der Waals surface area contributed by atoms with Crippen molar-refractivity contribution in [3.63, 3.8) is 0 Å². The van der Waals surface area contributed by atoms with Crippen molar-refractivity contribution in [3.05, 3.63) is 53.6 Å². The minimum atomic E-state index is -4.68. The lowest BCUT2D eigenvalue weighted by atomic mass is 10.2. The molecule has 0 aliphatic rings. The Hall–Kier alpha value is -2.79. The quantitative estimate of drug-likeness (QED) is 0.668. The standard InChI is InChI=1S/C18H19F3N2O5S/c1-27-14-6-12(7-15(9-14)28-2)10-22-17(24)11-23-29(25,26)16-5-3-4-13(8-16)18(19,20)21/h3-9,23H,10-11H2,1-2H3,(H,22,24). The maximum atomic E-state index is 12.7. The summed E-state index contributed by atoms with van der Waals surface area (Å²) < 4.78 is 74.8. The topological polar surface area (TPSA) is 93.7 Å². The van der Waals surface area contributed by atoms with Gasteiger partial charge in [-0.25, -0.2) is 13.1 Å². The Balaban J connectivity index is 1.98. The van der Waals surface area contributed by atoms with E-state index in [0.717, 1.165) is 18.2 Å². The molecule has 0 aromatic heterocycles. The summed E-state index contributed by atoms with van der Waals surface area (Å²) in [5.74, 6) is 0.361. The van der Waals surface area contributed by atoms with E-state index < -0.39 is 39.1 Å². The molecule has 158 valence electrons. The van der Waals surface area contributed by atoms with Crippen molar-refractivity contribution in [3.8, 4) is 11.5 Å². The van der Waals surface area contributed by atoms with Crippen LogP contribution in [0.1, 0.15) is 11.1 Å². The Morgan fingerprint density at radius 2 is 1.66 bits per heavy atom. The summed E-state index contributed by atoms with van der Waals surface area (Å²) in [7, 11) is -1.35. The third-order valence-corrected chi connectivity index (χ3v) is 5.19. The van der Waals surface area contributed by atoms with E-state index in [1.54, 1.807) is 18.2 Å². The fourth-order valence-corrected chi connectivity index (χ4v) is 3.34. The summed E-state index contributed by atoms with van der Waals surface area (Å²) in [6, 6.07) is 8.22. The Labute approximate surface area is 165 Å². The Kier molecular flexibility index (Phi) is 7.09. The summed E-state index contributed by atoms with van der Waals surface area (Å²) >= 11 is 0. The summed E-state index contributed by atoms with van der Waals surface area (Å²) in [5, 5.41) is 2.50. The van der Waals surface area contributed by atoms with Crippen LogP contribution in [0.3, 0.4) is 0 Å². The van der Waals surface area contributed by atoms with E-state index in [0.29, 0.717) is 23.1 Å². The van der Waals surface area contributed by atoms with Gasteiger partial charge >= 0.3 is 6.18 Å². The van der Waals surface area contributed by atoms with Crippen LogP contribution in [0.5, 0.6) is 11.5 Å². The molecule has 0 atom stereocenters. The van der Waals surface area contributed by atoms with Gasteiger partial charge in [0.25, 0.3) is 0 Å². The largest absolute Gasteiger partial charge is 0.497 e. The molecule has 0 radical (unpaired) electrons. The van der Waals surface area contributed by atoms with Gasteiger partial charge in [-0.15, -0.1) is 0 Å². The van der Waals surface area contributed by atoms with Crippen molar-refractivity contribution in [2.75, 3.05) is 20.8 Å². The van der Waals surface area contributed by atoms with Gasteiger partial charge < -0.3 is 14.8 Å². The maximum Gasteiger partial charge on any atom is 0.416 e. The van der Waals surface area contributed by atoms with E-state index in [1.165, 1.54) is 14.2 Å². The predicted octanol–water partition coefficient (Wildman–Crippen LogP) is 2.32. The van der Waals surface area contributed by atoms with E-state index in [2.05, 4.69) is 5.32 Å². The number of carbonyl (C=O) groups is 1. The number of amides is 1. The van der Waals surface area contributed by atoms with Crippen molar-refractivity contribution in [2.45, 2.75) is 17.6 Å². The second kappa shape index (κ2) is 9.14. The molecule has 0 aliphatic carbocycles. The monoisotopic (exact) mass is 432 g/mol. The molecule has 29 heavy (non-hydrogen) atoms. The van der Waals surface area contributed by atoms with Crippen LogP contribution in [0.25, 0.3) is 0 Å². The Bertz CT molecular complexity index is 955. The fourth-order valence-electron chi connectivity index (χ4n) is 2.32. The summed E-state index contributed by atoms with van der Waals surface area (Å²) in [4.78, 5) is 11.4. The van der Waals surface area contributed by atoms with Gasteiger partial charge in [0.15, 0.2) is 0 Å². The lowest BCUT2D eigenvalue weighted by molar-refractivity contribution is -0.137. The molecular weight excluding hydrogens is 413 g/mol. The van der Waals surface area contributed by atoms with Crippen molar-refractivity contribution in [2.24, 2.45) is 0 Å². The molecule has 11 heteroatoms. The highest BCUT2D eigenvalue weighted by Gasteiger charge is 2.31. The van der Waals surface area contributed by atoms with Gasteiger partial charge in [0, 0.05) is 12.6 Å². The predicted molar refractivity (Wildman–Crippen MR) is 98.0 cm³/mol. The molecule has 2 N–H and O–H groups in total. The third kappa shape index (κ3) is 6.36. The van der Waals surface area contributed by atoms with Gasteiger partial charge in [0.05, 0.1) is 31.2 Å². The minimum Gasteiger partial charge on any atom is -0.497 e. The van der Waals surface area contributed by atoms with Crippen LogP contribution in [-0.4, -0.2) is 35.1 Å². The van der Waals surface area contributed by atoms with Gasteiger partial charge in [-0.3, -0.25) is 4.79 Å². The molecule has 7 nitrogen and oxygen atoms in total. The number of sulfonamides is 1. The first-order chi connectivity index (χ1) is 13.5. The molecule has 2 aromatic carbocycles.